The molecule has 0 N–H and O–H groups in total. The first-order chi connectivity index (χ1) is 17.5. The molecule has 4 heterocycles. The molecule has 0 spiro atoms. The quantitative estimate of drug-likeness (QED) is 0.445. The van der Waals surface area contributed by atoms with Crippen molar-refractivity contribution < 1.29 is 9.53 Å². The van der Waals surface area contributed by atoms with Gasteiger partial charge in [-0.25, -0.2) is 15.0 Å². The van der Waals surface area contributed by atoms with Gasteiger partial charge in [-0.15, -0.1) is 0 Å². The number of carbonyl (C=O) groups excluding carboxylic acids is 1. The van der Waals surface area contributed by atoms with Gasteiger partial charge in [-0.1, -0.05) is 35.3 Å². The van der Waals surface area contributed by atoms with E-state index in [-0.39, 0.29) is 29.8 Å². The highest BCUT2D eigenvalue weighted by Crippen LogP contribution is 2.38. The minimum atomic E-state index is -0.144. The van der Waals surface area contributed by atoms with E-state index < -0.39 is 0 Å². The molecule has 2 fully saturated rings. The van der Waals surface area contributed by atoms with Gasteiger partial charge in [-0.05, 0) is 49.6 Å². The van der Waals surface area contributed by atoms with Crippen molar-refractivity contribution in [2.24, 2.45) is 11.8 Å². The number of aromatic nitrogens is 3. The van der Waals surface area contributed by atoms with Gasteiger partial charge in [-0.3, -0.25) is 4.79 Å². The van der Waals surface area contributed by atoms with E-state index in [0.29, 0.717) is 29.0 Å². The van der Waals surface area contributed by atoms with Crippen molar-refractivity contribution in [3.05, 3.63) is 76.7 Å². The fourth-order valence-corrected chi connectivity index (χ4v) is 5.53. The van der Waals surface area contributed by atoms with Gasteiger partial charge in [0.25, 0.3) is 0 Å². The molecule has 9 heteroatoms. The highest BCUT2D eigenvalue weighted by Gasteiger charge is 2.42. The number of ether oxygens (including phenoxy) is 1. The number of hydrogen-bond acceptors (Lipinski definition) is 6. The van der Waals surface area contributed by atoms with E-state index in [0.717, 1.165) is 37.4 Å². The number of piperidine rings is 1. The molecule has 0 radical (unpaired) electrons. The number of anilines is 1. The molecule has 0 aliphatic carbocycles. The molecule has 2 saturated heterocycles. The molecule has 2 aliphatic heterocycles. The van der Waals surface area contributed by atoms with E-state index >= 15 is 0 Å². The fourth-order valence-electron chi connectivity index (χ4n) is 5.30. The van der Waals surface area contributed by atoms with Crippen molar-refractivity contribution in [1.29, 1.82) is 0 Å². The molecule has 3 aromatic rings. The Morgan fingerprint density at radius 3 is 2.33 bits per heavy atom. The summed E-state index contributed by atoms with van der Waals surface area (Å²) in [5.74, 6) is 1.75. The number of likely N-dealkylation sites (tertiary alicyclic amines) is 1. The van der Waals surface area contributed by atoms with E-state index in [1.807, 2.05) is 23.1 Å². The average Bonchev–Trinajstić information content (AvgIpc) is 3.36. The van der Waals surface area contributed by atoms with Crippen molar-refractivity contribution >= 4 is 35.1 Å². The van der Waals surface area contributed by atoms with E-state index in [9.17, 15) is 4.79 Å². The molecule has 3 atom stereocenters. The van der Waals surface area contributed by atoms with Gasteiger partial charge in [0.05, 0.1) is 5.02 Å². The summed E-state index contributed by atoms with van der Waals surface area (Å²) in [4.78, 5) is 30.8. The van der Waals surface area contributed by atoms with Crippen molar-refractivity contribution in [2.75, 3.05) is 31.1 Å². The molecule has 0 bridgehead atoms. The smallest absolute Gasteiger partial charge is 0.225 e. The summed E-state index contributed by atoms with van der Waals surface area (Å²) >= 11 is 12.1. The first-order valence-corrected chi connectivity index (χ1v) is 13.1. The van der Waals surface area contributed by atoms with Crippen molar-refractivity contribution in [3.8, 4) is 5.88 Å². The van der Waals surface area contributed by atoms with Crippen LogP contribution in [-0.2, 0) is 4.79 Å². The van der Waals surface area contributed by atoms with Gasteiger partial charge in [0, 0.05) is 73.6 Å². The normalized spacial score (nSPS) is 21.4. The third-order valence-corrected chi connectivity index (χ3v) is 7.74. The minimum Gasteiger partial charge on any atom is -0.474 e. The Morgan fingerprint density at radius 2 is 1.67 bits per heavy atom. The Labute approximate surface area is 221 Å². The molecule has 2 aliphatic rings. The van der Waals surface area contributed by atoms with Crippen LogP contribution in [0.2, 0.25) is 10.0 Å². The monoisotopic (exact) mass is 525 g/mol. The van der Waals surface area contributed by atoms with E-state index in [2.05, 4.69) is 38.9 Å². The second-order valence-corrected chi connectivity index (χ2v) is 10.4. The molecular weight excluding hydrogens is 497 g/mol. The zero-order chi connectivity index (χ0) is 25.1. The maximum absolute atomic E-state index is 13.6. The maximum Gasteiger partial charge on any atom is 0.225 e. The van der Waals surface area contributed by atoms with Crippen LogP contribution in [0.15, 0.2) is 61.1 Å². The maximum atomic E-state index is 13.6. The summed E-state index contributed by atoms with van der Waals surface area (Å²) in [6.45, 7) is 4.91. The van der Waals surface area contributed by atoms with Crippen LogP contribution in [0.5, 0.6) is 5.88 Å². The lowest BCUT2D eigenvalue weighted by Crippen LogP contribution is -2.42. The van der Waals surface area contributed by atoms with Gasteiger partial charge < -0.3 is 14.5 Å². The molecule has 0 saturated carbocycles. The topological polar surface area (TPSA) is 71.5 Å². The summed E-state index contributed by atoms with van der Waals surface area (Å²) in [6, 6.07) is 13.3. The van der Waals surface area contributed by atoms with E-state index in [1.54, 1.807) is 30.7 Å². The van der Waals surface area contributed by atoms with Gasteiger partial charge in [0.1, 0.15) is 6.10 Å². The predicted octanol–water partition coefficient (Wildman–Crippen LogP) is 5.10. The van der Waals surface area contributed by atoms with Crippen LogP contribution in [0.25, 0.3) is 0 Å². The largest absolute Gasteiger partial charge is 0.474 e. The lowest BCUT2D eigenvalue weighted by atomic mass is 9.86. The fraction of sp³-hybridized carbons (Fsp3) is 0.407. The molecule has 1 aromatic carbocycles. The molecule has 7 nitrogen and oxygen atoms in total. The summed E-state index contributed by atoms with van der Waals surface area (Å²) in [7, 11) is 0. The van der Waals surface area contributed by atoms with Crippen LogP contribution in [0.3, 0.4) is 0 Å². The summed E-state index contributed by atoms with van der Waals surface area (Å²) in [5.41, 5.74) is 1.16. The summed E-state index contributed by atoms with van der Waals surface area (Å²) < 4.78 is 6.21. The third kappa shape index (κ3) is 5.57. The molecule has 0 unspecified atom stereocenters. The third-order valence-electron chi connectivity index (χ3n) is 7.26. The Hall–Kier alpha value is -2.90. The van der Waals surface area contributed by atoms with E-state index in [1.165, 1.54) is 0 Å². The predicted molar refractivity (Wildman–Crippen MR) is 141 cm³/mol. The second kappa shape index (κ2) is 11.0. The number of pyridine rings is 1. The molecule has 1 amide bonds. The first kappa shape index (κ1) is 24.8. The van der Waals surface area contributed by atoms with Crippen LogP contribution in [0, 0.1) is 11.8 Å². The van der Waals surface area contributed by atoms with Gasteiger partial charge >= 0.3 is 0 Å². The second-order valence-electron chi connectivity index (χ2n) is 9.51. The number of benzene rings is 1. The van der Waals surface area contributed by atoms with Crippen LogP contribution < -0.4 is 9.64 Å². The number of hydrogen-bond donors (Lipinski definition) is 0. The van der Waals surface area contributed by atoms with Crippen LogP contribution in [0.4, 0.5) is 5.95 Å². The first-order valence-electron chi connectivity index (χ1n) is 12.3. The standard InChI is InChI=1S/C27H29Cl2N5O2/c1-18(36-25-8-7-22(29)15-32-25)23-16-34(17-24(23)19-3-5-21(28)6-4-19)26(35)20-9-13-33(14-10-20)27-30-11-2-12-31-27/h2-8,11-12,15,18,20,23-24H,9-10,13-14,16-17H2,1H3/t18-,23+,24+/m0/s1. The minimum absolute atomic E-state index is 0.00346. The lowest BCUT2D eigenvalue weighted by molar-refractivity contribution is -0.135. The number of nitrogens with zero attached hydrogens (tertiary/aromatic N) is 5. The van der Waals surface area contributed by atoms with Gasteiger partial charge in [-0.2, -0.15) is 0 Å². The van der Waals surface area contributed by atoms with E-state index in [4.69, 9.17) is 27.9 Å². The number of rotatable bonds is 6. The highest BCUT2D eigenvalue weighted by molar-refractivity contribution is 6.30. The average molecular weight is 526 g/mol. The Morgan fingerprint density at radius 1 is 0.972 bits per heavy atom. The summed E-state index contributed by atoms with van der Waals surface area (Å²) in [5, 5.41) is 1.27. The Balaban J connectivity index is 1.28. The van der Waals surface area contributed by atoms with Crippen molar-refractivity contribution in [1.82, 2.24) is 19.9 Å². The Kier molecular flexibility index (Phi) is 7.58. The lowest BCUT2D eigenvalue weighted by Gasteiger charge is -2.33. The molecule has 36 heavy (non-hydrogen) atoms. The van der Waals surface area contributed by atoms with Gasteiger partial charge in [0.2, 0.25) is 17.7 Å². The van der Waals surface area contributed by atoms with Crippen LogP contribution in [-0.4, -0.2) is 58.0 Å². The molecule has 5 rings (SSSR count). The molecule has 188 valence electrons. The zero-order valence-electron chi connectivity index (χ0n) is 20.1. The Bertz CT molecular complexity index is 1160. The molecular formula is C27H29Cl2N5O2. The van der Waals surface area contributed by atoms with Crippen LogP contribution >= 0.6 is 23.2 Å². The number of halogens is 2. The van der Waals surface area contributed by atoms with Crippen molar-refractivity contribution in [3.63, 3.8) is 0 Å². The van der Waals surface area contributed by atoms with Crippen LogP contribution in [0.1, 0.15) is 31.2 Å². The number of amides is 1. The molecule has 2 aromatic heterocycles. The van der Waals surface area contributed by atoms with Gasteiger partial charge in [0.15, 0.2) is 0 Å². The van der Waals surface area contributed by atoms with Crippen molar-refractivity contribution in [2.45, 2.75) is 31.8 Å². The summed E-state index contributed by atoms with van der Waals surface area (Å²) in [6.07, 6.45) is 6.54. The number of carbonyl (C=O) groups is 1. The zero-order valence-corrected chi connectivity index (χ0v) is 21.6. The highest BCUT2D eigenvalue weighted by atomic mass is 35.5. The SMILES string of the molecule is C[C@H](Oc1ccc(Cl)cn1)[C@H]1CN(C(=O)C2CCN(c3ncccn3)CC2)C[C@@H]1c1ccc(Cl)cc1.